The van der Waals surface area contributed by atoms with E-state index in [-0.39, 0.29) is 5.41 Å². The number of thiophene rings is 1. The Bertz CT molecular complexity index is 336. The van der Waals surface area contributed by atoms with Gasteiger partial charge in [-0.3, -0.25) is 0 Å². The van der Waals surface area contributed by atoms with E-state index < -0.39 is 0 Å². The Balaban J connectivity index is 2.24. The van der Waals surface area contributed by atoms with Crippen LogP contribution in [0.4, 0.5) is 0 Å². The Kier molecular flexibility index (Phi) is 6.31. The molecule has 17 heavy (non-hydrogen) atoms. The molecule has 1 aromatic heterocycles. The van der Waals surface area contributed by atoms with E-state index in [1.54, 1.807) is 0 Å². The molecule has 1 nitrogen and oxygen atoms in total. The lowest BCUT2D eigenvalue weighted by atomic mass is 9.95. The monoisotopic (exact) mass is 269 g/mol. The van der Waals surface area contributed by atoms with Gasteiger partial charge in [-0.1, -0.05) is 26.8 Å². The lowest BCUT2D eigenvalue weighted by Gasteiger charge is -2.15. The average molecular weight is 269 g/mol. The molecule has 96 valence electrons. The van der Waals surface area contributed by atoms with E-state index in [9.17, 15) is 0 Å². The highest BCUT2D eigenvalue weighted by atomic mass is 32.2. The number of hydrogen-bond donors (Lipinski definition) is 1. The summed E-state index contributed by atoms with van der Waals surface area (Å²) in [5, 5.41) is 3.48. The lowest BCUT2D eigenvalue weighted by Crippen LogP contribution is -2.15. The van der Waals surface area contributed by atoms with Crippen LogP contribution in [-0.2, 0) is 12.0 Å². The fraction of sp³-hybridized carbons (Fsp3) is 0.571. The second kappa shape index (κ2) is 7.24. The topological polar surface area (TPSA) is 12.0 Å². The minimum Gasteiger partial charge on any atom is -0.311 e. The van der Waals surface area contributed by atoms with Gasteiger partial charge in [0.1, 0.15) is 0 Å². The molecule has 3 heteroatoms. The summed E-state index contributed by atoms with van der Waals surface area (Å²) in [7, 11) is 0. The summed E-state index contributed by atoms with van der Waals surface area (Å²) in [6, 6.07) is 4.50. The highest BCUT2D eigenvalue weighted by Crippen LogP contribution is 2.29. The molecule has 0 aliphatic rings. The van der Waals surface area contributed by atoms with Gasteiger partial charge < -0.3 is 5.32 Å². The van der Waals surface area contributed by atoms with Crippen molar-refractivity contribution in [3.63, 3.8) is 0 Å². The zero-order valence-electron chi connectivity index (χ0n) is 11.1. The molecule has 0 aliphatic heterocycles. The molecule has 0 bridgehead atoms. The van der Waals surface area contributed by atoms with E-state index in [4.69, 9.17) is 0 Å². The molecule has 0 saturated carbocycles. The van der Waals surface area contributed by atoms with Gasteiger partial charge in [-0.15, -0.1) is 17.9 Å². The molecule has 0 amide bonds. The van der Waals surface area contributed by atoms with Gasteiger partial charge in [0, 0.05) is 34.3 Å². The van der Waals surface area contributed by atoms with Crippen molar-refractivity contribution in [1.29, 1.82) is 0 Å². The van der Waals surface area contributed by atoms with E-state index in [2.05, 4.69) is 44.8 Å². The van der Waals surface area contributed by atoms with Gasteiger partial charge in [0.15, 0.2) is 0 Å². The maximum Gasteiger partial charge on any atom is 0.0300 e. The molecule has 0 aromatic carbocycles. The normalized spacial score (nSPS) is 11.7. The number of thioether (sulfide) groups is 1. The Hall–Kier alpha value is -0.250. The molecule has 0 unspecified atom stereocenters. The average Bonchev–Trinajstić information content (AvgIpc) is 2.71. The Morgan fingerprint density at radius 2 is 2.18 bits per heavy atom. The van der Waals surface area contributed by atoms with Crippen molar-refractivity contribution in [2.45, 2.75) is 32.7 Å². The molecular weight excluding hydrogens is 246 g/mol. The zero-order valence-corrected chi connectivity index (χ0v) is 12.7. The molecular formula is C14H23NS2. The van der Waals surface area contributed by atoms with Crippen LogP contribution in [0.25, 0.3) is 0 Å². The van der Waals surface area contributed by atoms with Gasteiger partial charge >= 0.3 is 0 Å². The molecule has 0 atom stereocenters. The minimum atomic E-state index is 0.280. The van der Waals surface area contributed by atoms with Crippen LogP contribution in [0, 0.1) is 0 Å². The third-order valence-corrected chi connectivity index (χ3v) is 4.83. The summed E-state index contributed by atoms with van der Waals surface area (Å²) < 4.78 is 0. The fourth-order valence-corrected chi connectivity index (χ4v) is 3.06. The highest BCUT2D eigenvalue weighted by Gasteiger charge is 2.15. The van der Waals surface area contributed by atoms with Crippen LogP contribution in [0.2, 0.25) is 0 Å². The van der Waals surface area contributed by atoms with E-state index in [0.717, 1.165) is 24.6 Å². The fourth-order valence-electron chi connectivity index (χ4n) is 1.40. The molecule has 0 radical (unpaired) electrons. The molecule has 1 heterocycles. The van der Waals surface area contributed by atoms with E-state index in [1.165, 1.54) is 9.75 Å². The van der Waals surface area contributed by atoms with Crippen LogP contribution in [0.15, 0.2) is 24.8 Å². The van der Waals surface area contributed by atoms with E-state index in [0.29, 0.717) is 0 Å². The molecule has 0 saturated heterocycles. The van der Waals surface area contributed by atoms with E-state index >= 15 is 0 Å². The summed E-state index contributed by atoms with van der Waals surface area (Å²) in [6.07, 6.45) is 1.96. The van der Waals surface area contributed by atoms with Crippen LogP contribution < -0.4 is 5.32 Å². The van der Waals surface area contributed by atoms with Crippen molar-refractivity contribution >= 4 is 23.1 Å². The summed E-state index contributed by atoms with van der Waals surface area (Å²) in [4.78, 5) is 2.90. The Morgan fingerprint density at radius 1 is 1.41 bits per heavy atom. The maximum absolute atomic E-state index is 3.71. The minimum absolute atomic E-state index is 0.280. The van der Waals surface area contributed by atoms with Crippen molar-refractivity contribution in [1.82, 2.24) is 5.32 Å². The predicted molar refractivity (Wildman–Crippen MR) is 82.2 cm³/mol. The van der Waals surface area contributed by atoms with E-state index in [1.807, 2.05) is 29.2 Å². The Labute approximate surface area is 114 Å². The van der Waals surface area contributed by atoms with Crippen molar-refractivity contribution in [3.8, 4) is 0 Å². The van der Waals surface area contributed by atoms with Gasteiger partial charge in [-0.2, -0.15) is 11.8 Å². The molecule has 0 spiro atoms. The Morgan fingerprint density at radius 3 is 2.76 bits per heavy atom. The van der Waals surface area contributed by atoms with Gasteiger partial charge in [-0.05, 0) is 17.5 Å². The first kappa shape index (κ1) is 14.8. The number of nitrogens with one attached hydrogen (secondary N) is 1. The highest BCUT2D eigenvalue weighted by molar-refractivity contribution is 7.99. The lowest BCUT2D eigenvalue weighted by molar-refractivity contribution is 0.604. The SMILES string of the molecule is C=CCSCCNCc1ccc(C(C)(C)C)s1. The first-order valence-corrected chi connectivity index (χ1v) is 7.99. The number of rotatable bonds is 7. The molecule has 0 aliphatic carbocycles. The van der Waals surface area contributed by atoms with Gasteiger partial charge in [0.25, 0.3) is 0 Å². The van der Waals surface area contributed by atoms with Crippen molar-refractivity contribution in [3.05, 3.63) is 34.5 Å². The van der Waals surface area contributed by atoms with Gasteiger partial charge in [0.05, 0.1) is 0 Å². The van der Waals surface area contributed by atoms with Gasteiger partial charge in [-0.25, -0.2) is 0 Å². The largest absolute Gasteiger partial charge is 0.311 e. The van der Waals surface area contributed by atoms with Gasteiger partial charge in [0.2, 0.25) is 0 Å². The third kappa shape index (κ3) is 5.75. The van der Waals surface area contributed by atoms with Crippen molar-refractivity contribution in [2.75, 3.05) is 18.1 Å². The summed E-state index contributed by atoms with van der Waals surface area (Å²) in [5.74, 6) is 2.21. The van der Waals surface area contributed by atoms with Crippen LogP contribution in [0.5, 0.6) is 0 Å². The first-order valence-electron chi connectivity index (χ1n) is 6.02. The first-order chi connectivity index (χ1) is 8.04. The maximum atomic E-state index is 3.71. The zero-order chi connectivity index (χ0) is 12.7. The van der Waals surface area contributed by atoms with Crippen molar-refractivity contribution < 1.29 is 0 Å². The van der Waals surface area contributed by atoms with Crippen LogP contribution in [-0.4, -0.2) is 18.1 Å². The molecule has 1 N–H and O–H groups in total. The number of hydrogen-bond acceptors (Lipinski definition) is 3. The van der Waals surface area contributed by atoms with Crippen LogP contribution in [0.3, 0.4) is 0 Å². The summed E-state index contributed by atoms with van der Waals surface area (Å²) in [6.45, 7) is 12.6. The second-order valence-electron chi connectivity index (χ2n) is 5.06. The quantitative estimate of drug-likeness (QED) is 0.592. The van der Waals surface area contributed by atoms with Crippen LogP contribution >= 0.6 is 23.1 Å². The summed E-state index contributed by atoms with van der Waals surface area (Å²) in [5.41, 5.74) is 0.280. The third-order valence-electron chi connectivity index (χ3n) is 2.36. The second-order valence-corrected chi connectivity index (χ2v) is 7.37. The molecule has 0 fully saturated rings. The molecule has 1 rings (SSSR count). The molecule has 1 aromatic rings. The smallest absolute Gasteiger partial charge is 0.0300 e. The van der Waals surface area contributed by atoms with Crippen LogP contribution in [0.1, 0.15) is 30.5 Å². The predicted octanol–water partition coefficient (Wildman–Crippen LogP) is 4.05. The van der Waals surface area contributed by atoms with Crippen molar-refractivity contribution in [2.24, 2.45) is 0 Å². The summed E-state index contributed by atoms with van der Waals surface area (Å²) >= 11 is 3.84. The standard InChI is InChI=1S/C14H23NS2/c1-5-9-16-10-8-15-11-12-6-7-13(17-12)14(2,3)4/h5-7,15H,1,8-11H2,2-4H3.